The number of para-hydroxylation sites is 1. The molecule has 8 heteroatoms. The number of ether oxygens (including phenoxy) is 2. The zero-order valence-corrected chi connectivity index (χ0v) is 20.0. The Bertz CT molecular complexity index is 1260. The molecule has 4 aromatic rings. The fraction of sp³-hybridized carbons (Fsp3) is 0.259. The molecule has 0 amide bonds. The molecule has 182 valence electrons. The van der Waals surface area contributed by atoms with E-state index in [-0.39, 0.29) is 24.5 Å². The van der Waals surface area contributed by atoms with Crippen LogP contribution >= 0.6 is 0 Å². The largest absolute Gasteiger partial charge is 0.491 e. The van der Waals surface area contributed by atoms with Crippen LogP contribution in [0.3, 0.4) is 0 Å². The molecule has 0 radical (unpaired) electrons. The number of nitrogens with one attached hydrogen (secondary N) is 1. The van der Waals surface area contributed by atoms with Crippen LogP contribution < -0.4 is 14.8 Å². The second-order valence-electron chi connectivity index (χ2n) is 8.46. The van der Waals surface area contributed by atoms with Crippen LogP contribution in [0, 0.1) is 12.7 Å². The summed E-state index contributed by atoms with van der Waals surface area (Å²) in [4.78, 5) is 4.47. The highest BCUT2D eigenvalue weighted by molar-refractivity contribution is 5.59. The number of halogens is 1. The molecule has 0 spiro atoms. The van der Waals surface area contributed by atoms with E-state index in [1.54, 1.807) is 16.8 Å². The van der Waals surface area contributed by atoms with E-state index in [1.807, 2.05) is 69.3 Å². The van der Waals surface area contributed by atoms with Crippen molar-refractivity contribution >= 4 is 5.69 Å². The summed E-state index contributed by atoms with van der Waals surface area (Å²) in [6, 6.07) is 21.6. The number of anilines is 1. The van der Waals surface area contributed by atoms with Gasteiger partial charge in [0, 0.05) is 17.8 Å². The highest BCUT2D eigenvalue weighted by atomic mass is 19.1. The van der Waals surface area contributed by atoms with Crippen LogP contribution in [0.15, 0.2) is 72.8 Å². The average Bonchev–Trinajstić information content (AvgIpc) is 3.25. The number of rotatable bonds is 10. The van der Waals surface area contributed by atoms with Gasteiger partial charge >= 0.3 is 6.01 Å². The summed E-state index contributed by atoms with van der Waals surface area (Å²) in [7, 11) is 0. The minimum atomic E-state index is -0.681. The number of nitrogens with zero attached hydrogens (tertiary/aromatic N) is 3. The first-order chi connectivity index (χ1) is 16.9. The van der Waals surface area contributed by atoms with Gasteiger partial charge in [-0.3, -0.25) is 0 Å². The van der Waals surface area contributed by atoms with E-state index in [0.29, 0.717) is 17.9 Å². The van der Waals surface area contributed by atoms with Gasteiger partial charge in [0.1, 0.15) is 24.3 Å². The van der Waals surface area contributed by atoms with Crippen molar-refractivity contribution < 1.29 is 19.0 Å². The maximum Gasteiger partial charge on any atom is 0.336 e. The Morgan fingerprint density at radius 1 is 1.03 bits per heavy atom. The maximum atomic E-state index is 13.9. The van der Waals surface area contributed by atoms with E-state index >= 15 is 0 Å². The van der Waals surface area contributed by atoms with Crippen LogP contribution in [0.2, 0.25) is 0 Å². The Kier molecular flexibility index (Phi) is 7.62. The van der Waals surface area contributed by atoms with Crippen LogP contribution in [-0.4, -0.2) is 45.2 Å². The summed E-state index contributed by atoms with van der Waals surface area (Å²) in [6.45, 7) is 6.27. The summed E-state index contributed by atoms with van der Waals surface area (Å²) in [5.41, 5.74) is 3.19. The van der Waals surface area contributed by atoms with Crippen molar-refractivity contribution in [2.45, 2.75) is 33.0 Å². The zero-order valence-electron chi connectivity index (χ0n) is 20.0. The van der Waals surface area contributed by atoms with Crippen molar-refractivity contribution in [1.82, 2.24) is 14.8 Å². The van der Waals surface area contributed by atoms with E-state index < -0.39 is 6.10 Å². The molecule has 0 fully saturated rings. The predicted octanol–water partition coefficient (Wildman–Crippen LogP) is 5.02. The highest BCUT2D eigenvalue weighted by Gasteiger charge is 2.16. The first-order valence-electron chi connectivity index (χ1n) is 11.5. The Morgan fingerprint density at radius 3 is 2.51 bits per heavy atom. The summed E-state index contributed by atoms with van der Waals surface area (Å²) >= 11 is 0. The summed E-state index contributed by atoms with van der Waals surface area (Å²) in [5, 5.41) is 18.0. The van der Waals surface area contributed by atoms with Gasteiger partial charge in [-0.15, -0.1) is 5.10 Å². The monoisotopic (exact) mass is 476 g/mol. The standard InChI is InChI=1S/C27H29FN4O3/c1-18(2)35-27-30-26(20-8-6-9-21(28)15-20)32(31-27)23-13-11-22(12-14-23)29-16-24(33)17-34-25-10-5-4-7-19(25)3/h4-15,18,24,29,33H,16-17H2,1-3H3/t24-/m0/s1. The zero-order chi connectivity index (χ0) is 24.8. The Balaban J connectivity index is 1.44. The highest BCUT2D eigenvalue weighted by Crippen LogP contribution is 2.25. The van der Waals surface area contributed by atoms with Crippen LogP contribution in [0.1, 0.15) is 19.4 Å². The van der Waals surface area contributed by atoms with E-state index in [1.165, 1.54) is 12.1 Å². The fourth-order valence-electron chi connectivity index (χ4n) is 3.47. The SMILES string of the molecule is Cc1ccccc1OC[C@@H](O)CNc1ccc(-n2nc(OC(C)C)nc2-c2cccc(F)c2)cc1. The lowest BCUT2D eigenvalue weighted by molar-refractivity contribution is 0.117. The number of aliphatic hydroxyl groups is 1. The Morgan fingerprint density at radius 2 is 1.80 bits per heavy atom. The van der Waals surface area contributed by atoms with Crippen molar-refractivity contribution in [3.05, 3.63) is 84.2 Å². The topological polar surface area (TPSA) is 81.4 Å². The predicted molar refractivity (Wildman–Crippen MR) is 134 cm³/mol. The quantitative estimate of drug-likeness (QED) is 0.335. The molecule has 0 saturated carbocycles. The van der Waals surface area contributed by atoms with Gasteiger partial charge in [0.2, 0.25) is 0 Å². The molecule has 4 rings (SSSR count). The van der Waals surface area contributed by atoms with E-state index in [4.69, 9.17) is 9.47 Å². The Hall–Kier alpha value is -3.91. The first-order valence-corrected chi connectivity index (χ1v) is 11.5. The van der Waals surface area contributed by atoms with Gasteiger partial charge < -0.3 is 19.9 Å². The van der Waals surface area contributed by atoms with E-state index in [9.17, 15) is 9.50 Å². The second kappa shape index (κ2) is 11.0. The van der Waals surface area contributed by atoms with Gasteiger partial charge in [-0.2, -0.15) is 4.98 Å². The number of hydrogen-bond acceptors (Lipinski definition) is 6. The van der Waals surface area contributed by atoms with E-state index in [0.717, 1.165) is 22.7 Å². The molecule has 0 saturated heterocycles. The molecule has 35 heavy (non-hydrogen) atoms. The third kappa shape index (κ3) is 6.36. The van der Waals surface area contributed by atoms with Crippen molar-refractivity contribution in [2.75, 3.05) is 18.5 Å². The molecular formula is C27H29FN4O3. The van der Waals surface area contributed by atoms with Gasteiger partial charge in [-0.1, -0.05) is 30.3 Å². The fourth-order valence-corrected chi connectivity index (χ4v) is 3.47. The number of aromatic nitrogens is 3. The van der Waals surface area contributed by atoms with Gasteiger partial charge in [0.25, 0.3) is 0 Å². The molecule has 0 aliphatic rings. The normalized spacial score (nSPS) is 11.9. The number of aryl methyl sites for hydroxylation is 1. The summed E-state index contributed by atoms with van der Waals surface area (Å²) in [6.07, 6.45) is -0.779. The molecule has 1 aromatic heterocycles. The number of aliphatic hydroxyl groups excluding tert-OH is 1. The van der Waals surface area contributed by atoms with Crippen molar-refractivity contribution in [2.24, 2.45) is 0 Å². The van der Waals surface area contributed by atoms with Gasteiger partial charge in [-0.05, 0) is 68.8 Å². The lowest BCUT2D eigenvalue weighted by Gasteiger charge is -2.15. The van der Waals surface area contributed by atoms with Crippen LogP contribution in [-0.2, 0) is 0 Å². The van der Waals surface area contributed by atoms with Crippen molar-refractivity contribution in [1.29, 1.82) is 0 Å². The minimum Gasteiger partial charge on any atom is -0.491 e. The van der Waals surface area contributed by atoms with Crippen LogP contribution in [0.4, 0.5) is 10.1 Å². The van der Waals surface area contributed by atoms with Gasteiger partial charge in [-0.25, -0.2) is 9.07 Å². The molecular weight excluding hydrogens is 447 g/mol. The molecule has 7 nitrogen and oxygen atoms in total. The van der Waals surface area contributed by atoms with E-state index in [2.05, 4.69) is 15.4 Å². The lowest BCUT2D eigenvalue weighted by Crippen LogP contribution is -2.26. The molecule has 1 atom stereocenters. The van der Waals surface area contributed by atoms with Gasteiger partial charge in [0.15, 0.2) is 5.82 Å². The molecule has 0 aliphatic heterocycles. The molecule has 3 aromatic carbocycles. The minimum absolute atomic E-state index is 0.0981. The van der Waals surface area contributed by atoms with Crippen LogP contribution in [0.25, 0.3) is 17.1 Å². The molecule has 0 aliphatic carbocycles. The average molecular weight is 477 g/mol. The molecule has 2 N–H and O–H groups in total. The smallest absolute Gasteiger partial charge is 0.336 e. The number of hydrogen-bond donors (Lipinski definition) is 2. The van der Waals surface area contributed by atoms with Gasteiger partial charge in [0.05, 0.1) is 11.8 Å². The first kappa shape index (κ1) is 24.2. The maximum absolute atomic E-state index is 13.9. The Labute approximate surface area is 204 Å². The lowest BCUT2D eigenvalue weighted by atomic mass is 10.2. The van der Waals surface area contributed by atoms with Crippen molar-refractivity contribution in [3.63, 3.8) is 0 Å². The molecule has 0 unspecified atom stereocenters. The summed E-state index contributed by atoms with van der Waals surface area (Å²) in [5.74, 6) is 0.885. The van der Waals surface area contributed by atoms with Crippen LogP contribution in [0.5, 0.6) is 11.8 Å². The van der Waals surface area contributed by atoms with Crippen molar-refractivity contribution in [3.8, 4) is 28.8 Å². The third-order valence-corrected chi connectivity index (χ3v) is 5.19. The summed E-state index contributed by atoms with van der Waals surface area (Å²) < 4.78 is 26.9. The molecule has 0 bridgehead atoms. The number of benzene rings is 3. The third-order valence-electron chi connectivity index (χ3n) is 5.19. The second-order valence-corrected chi connectivity index (χ2v) is 8.46. The molecule has 1 heterocycles.